The summed E-state index contributed by atoms with van der Waals surface area (Å²) in [4.78, 5) is 18.2. The maximum atomic E-state index is 12.9. The molecule has 0 saturated carbocycles. The second-order valence-electron chi connectivity index (χ2n) is 7.13. The third kappa shape index (κ3) is 2.70. The largest absolute Gasteiger partial charge is 0.493 e. The maximum Gasteiger partial charge on any atom is 0.230 e. The van der Waals surface area contributed by atoms with Crippen LogP contribution >= 0.6 is 0 Å². The highest BCUT2D eigenvalue weighted by Gasteiger charge is 2.36. The topological polar surface area (TPSA) is 66.6 Å². The van der Waals surface area contributed by atoms with E-state index in [1.165, 1.54) is 10.9 Å². The molecular formula is C21H27N3O3. The number of carbonyl (C=O) groups excluding carboxylic acids is 1. The standard InChI is InChI=1S/C21H27N3O3/c1-5-24(6-2)21(25)13-7-14-15(22-11-13)8-12-10-23-16-9-17(26-3)20(27-4)19(14)18(12)16/h7,9-10,13,15,22-23H,5-6,8,11H2,1-4H3. The lowest BCUT2D eigenvalue weighted by Crippen LogP contribution is -2.46. The summed E-state index contributed by atoms with van der Waals surface area (Å²) in [7, 11) is 3.33. The summed E-state index contributed by atoms with van der Waals surface area (Å²) in [6.07, 6.45) is 5.12. The summed E-state index contributed by atoms with van der Waals surface area (Å²) in [6.45, 7) is 6.17. The van der Waals surface area contributed by atoms with Crippen molar-refractivity contribution in [3.63, 3.8) is 0 Å². The Balaban J connectivity index is 1.88. The summed E-state index contributed by atoms with van der Waals surface area (Å²) in [5.74, 6) is 1.45. The fourth-order valence-electron chi connectivity index (χ4n) is 4.47. The number of rotatable bonds is 5. The number of carbonyl (C=O) groups is 1. The number of benzene rings is 1. The van der Waals surface area contributed by atoms with Crippen molar-refractivity contribution in [2.75, 3.05) is 33.9 Å². The number of hydrogen-bond acceptors (Lipinski definition) is 4. The summed E-state index contributed by atoms with van der Waals surface area (Å²) in [6, 6.07) is 2.16. The summed E-state index contributed by atoms with van der Waals surface area (Å²) in [5, 5.41) is 4.77. The molecule has 0 fully saturated rings. The zero-order valence-electron chi connectivity index (χ0n) is 16.4. The number of nitrogens with zero attached hydrogens (tertiary/aromatic N) is 1. The number of aromatic amines is 1. The second kappa shape index (κ2) is 6.93. The van der Waals surface area contributed by atoms with Crippen LogP contribution in [0.25, 0.3) is 16.5 Å². The van der Waals surface area contributed by atoms with Crippen molar-refractivity contribution in [3.05, 3.63) is 29.5 Å². The van der Waals surface area contributed by atoms with E-state index in [2.05, 4.69) is 22.6 Å². The van der Waals surface area contributed by atoms with Crippen LogP contribution in [0.15, 0.2) is 18.3 Å². The third-order valence-corrected chi connectivity index (χ3v) is 5.84. The Kier molecular flexibility index (Phi) is 4.60. The molecule has 1 aliphatic carbocycles. The number of hydrogen-bond donors (Lipinski definition) is 2. The highest BCUT2D eigenvalue weighted by molar-refractivity contribution is 6.03. The van der Waals surface area contributed by atoms with Crippen LogP contribution < -0.4 is 14.8 Å². The molecule has 1 aromatic carbocycles. The number of amides is 1. The van der Waals surface area contributed by atoms with Crippen LogP contribution in [0.2, 0.25) is 0 Å². The van der Waals surface area contributed by atoms with E-state index in [1.807, 2.05) is 24.8 Å². The molecule has 1 aliphatic heterocycles. The van der Waals surface area contributed by atoms with E-state index in [1.54, 1.807) is 14.2 Å². The molecule has 1 aromatic heterocycles. The Morgan fingerprint density at radius 3 is 2.70 bits per heavy atom. The van der Waals surface area contributed by atoms with Gasteiger partial charge in [-0.1, -0.05) is 6.08 Å². The lowest BCUT2D eigenvalue weighted by molar-refractivity contribution is -0.133. The predicted octanol–water partition coefficient (Wildman–Crippen LogP) is 2.58. The van der Waals surface area contributed by atoms with Gasteiger partial charge in [0.25, 0.3) is 0 Å². The summed E-state index contributed by atoms with van der Waals surface area (Å²) >= 11 is 0. The van der Waals surface area contributed by atoms with Gasteiger partial charge in [-0.25, -0.2) is 0 Å². The number of ether oxygens (including phenoxy) is 2. The maximum absolute atomic E-state index is 12.9. The van der Waals surface area contributed by atoms with Crippen LogP contribution in [-0.4, -0.2) is 55.7 Å². The molecule has 6 nitrogen and oxygen atoms in total. The van der Waals surface area contributed by atoms with E-state index < -0.39 is 0 Å². The van der Waals surface area contributed by atoms with Crippen LogP contribution in [0.1, 0.15) is 25.0 Å². The molecule has 2 unspecified atom stereocenters. The molecule has 27 heavy (non-hydrogen) atoms. The highest BCUT2D eigenvalue weighted by atomic mass is 16.5. The van der Waals surface area contributed by atoms with Crippen molar-refractivity contribution in [2.45, 2.75) is 26.3 Å². The van der Waals surface area contributed by atoms with Gasteiger partial charge in [0.05, 0.1) is 25.7 Å². The fraction of sp³-hybridized carbons (Fsp3) is 0.476. The molecule has 6 heteroatoms. The molecule has 1 amide bonds. The van der Waals surface area contributed by atoms with Crippen molar-refractivity contribution < 1.29 is 14.3 Å². The molecule has 0 bridgehead atoms. The van der Waals surface area contributed by atoms with E-state index in [0.717, 1.165) is 41.9 Å². The average molecular weight is 369 g/mol. The van der Waals surface area contributed by atoms with Crippen molar-refractivity contribution in [3.8, 4) is 11.5 Å². The van der Waals surface area contributed by atoms with Crippen molar-refractivity contribution >= 4 is 22.4 Å². The van der Waals surface area contributed by atoms with Crippen molar-refractivity contribution in [2.24, 2.45) is 5.92 Å². The Bertz CT molecular complexity index is 911. The Hall–Kier alpha value is -2.47. The smallest absolute Gasteiger partial charge is 0.230 e. The van der Waals surface area contributed by atoms with Gasteiger partial charge in [0.15, 0.2) is 11.5 Å². The van der Waals surface area contributed by atoms with Gasteiger partial charge in [0.2, 0.25) is 5.91 Å². The minimum absolute atomic E-state index is 0.164. The molecule has 4 rings (SSSR count). The van der Waals surface area contributed by atoms with Crippen LogP contribution in [0.3, 0.4) is 0 Å². The number of nitrogens with one attached hydrogen (secondary N) is 2. The van der Waals surface area contributed by atoms with Gasteiger partial charge >= 0.3 is 0 Å². The molecule has 0 spiro atoms. The monoisotopic (exact) mass is 369 g/mol. The van der Waals surface area contributed by atoms with Gasteiger partial charge in [-0.05, 0) is 31.4 Å². The molecule has 144 valence electrons. The predicted molar refractivity (Wildman–Crippen MR) is 106 cm³/mol. The Morgan fingerprint density at radius 2 is 2.04 bits per heavy atom. The molecule has 2 heterocycles. The van der Waals surface area contributed by atoms with Crippen molar-refractivity contribution in [1.82, 2.24) is 15.2 Å². The van der Waals surface area contributed by atoms with Crippen LogP contribution in [0, 0.1) is 5.92 Å². The van der Waals surface area contributed by atoms with E-state index in [0.29, 0.717) is 12.3 Å². The van der Waals surface area contributed by atoms with Crippen LogP contribution in [-0.2, 0) is 11.2 Å². The van der Waals surface area contributed by atoms with Gasteiger partial charge in [0.1, 0.15) is 0 Å². The lowest BCUT2D eigenvalue weighted by Gasteiger charge is -2.35. The van der Waals surface area contributed by atoms with Gasteiger partial charge in [-0.2, -0.15) is 0 Å². The number of H-pyrrole nitrogens is 1. The van der Waals surface area contributed by atoms with E-state index >= 15 is 0 Å². The van der Waals surface area contributed by atoms with Gasteiger partial charge in [-0.15, -0.1) is 0 Å². The number of fused-ring (bicyclic) bond motifs is 2. The average Bonchev–Trinajstić information content (AvgIpc) is 3.11. The first-order valence-corrected chi connectivity index (χ1v) is 9.62. The number of methoxy groups -OCH3 is 2. The molecule has 2 aromatic rings. The fourth-order valence-corrected chi connectivity index (χ4v) is 4.47. The zero-order chi connectivity index (χ0) is 19.1. The summed E-state index contributed by atoms with van der Waals surface area (Å²) in [5.41, 5.74) is 4.49. The molecular weight excluding hydrogens is 342 g/mol. The van der Waals surface area contributed by atoms with Gasteiger partial charge in [0, 0.05) is 48.9 Å². The van der Waals surface area contributed by atoms with Gasteiger partial charge in [-0.3, -0.25) is 4.79 Å². The molecule has 2 atom stereocenters. The van der Waals surface area contributed by atoms with Crippen LogP contribution in [0.4, 0.5) is 0 Å². The first-order valence-electron chi connectivity index (χ1n) is 9.62. The van der Waals surface area contributed by atoms with E-state index in [4.69, 9.17) is 9.47 Å². The molecule has 0 saturated heterocycles. The number of aromatic nitrogens is 1. The quantitative estimate of drug-likeness (QED) is 0.850. The zero-order valence-corrected chi connectivity index (χ0v) is 16.4. The van der Waals surface area contributed by atoms with Crippen molar-refractivity contribution in [1.29, 1.82) is 0 Å². The second-order valence-corrected chi connectivity index (χ2v) is 7.13. The Morgan fingerprint density at radius 1 is 1.26 bits per heavy atom. The van der Waals surface area contributed by atoms with E-state index in [-0.39, 0.29) is 17.9 Å². The lowest BCUT2D eigenvalue weighted by atomic mass is 9.80. The SMILES string of the molecule is CCN(CC)C(=O)C1C=C2c3c(OC)c(OC)cc4[nH]cc(c34)CC2NC1. The first kappa shape index (κ1) is 17.9. The molecule has 2 aliphatic rings. The minimum atomic E-state index is -0.164. The third-order valence-electron chi connectivity index (χ3n) is 5.84. The Labute approximate surface area is 159 Å². The molecule has 0 radical (unpaired) electrons. The van der Waals surface area contributed by atoms with Gasteiger partial charge < -0.3 is 24.7 Å². The normalized spacial score (nSPS) is 20.8. The highest BCUT2D eigenvalue weighted by Crippen LogP contribution is 2.47. The van der Waals surface area contributed by atoms with E-state index in [9.17, 15) is 4.79 Å². The summed E-state index contributed by atoms with van der Waals surface area (Å²) < 4.78 is 11.3. The van der Waals surface area contributed by atoms with Crippen LogP contribution in [0.5, 0.6) is 11.5 Å². The minimum Gasteiger partial charge on any atom is -0.493 e. The molecule has 2 N–H and O–H groups in total. The first-order chi connectivity index (χ1) is 13.1.